The Kier molecular flexibility index (Phi) is 3.24. The van der Waals surface area contributed by atoms with Crippen molar-refractivity contribution in [3.63, 3.8) is 0 Å². The molecule has 1 saturated carbocycles. The van der Waals surface area contributed by atoms with E-state index < -0.39 is 0 Å². The standard InChI is InChI=1S/C16H17N7OS/c24-15(16(3-4-16)14-2-1-7-25-14)21-10-13(11-21)22-8-12(19-20-22)9-23-17-5-6-18-23/h1-2,5-8,13H,3-4,9-11H2. The van der Waals surface area contributed by atoms with E-state index in [0.29, 0.717) is 19.6 Å². The Labute approximate surface area is 148 Å². The van der Waals surface area contributed by atoms with E-state index in [1.807, 2.05) is 27.2 Å². The van der Waals surface area contributed by atoms with Gasteiger partial charge >= 0.3 is 0 Å². The molecule has 1 aliphatic heterocycles. The molecule has 0 unspecified atom stereocenters. The normalized spacial score (nSPS) is 19.0. The number of carbonyl (C=O) groups is 1. The van der Waals surface area contributed by atoms with Crippen molar-refractivity contribution in [1.82, 2.24) is 34.9 Å². The molecular weight excluding hydrogens is 338 g/mol. The first-order valence-electron chi connectivity index (χ1n) is 8.33. The number of aromatic nitrogens is 6. The second kappa shape index (κ2) is 5.48. The summed E-state index contributed by atoms with van der Waals surface area (Å²) in [5.41, 5.74) is 0.580. The summed E-state index contributed by atoms with van der Waals surface area (Å²) in [5.74, 6) is 0.271. The van der Waals surface area contributed by atoms with Crippen molar-refractivity contribution >= 4 is 17.2 Å². The van der Waals surface area contributed by atoms with Gasteiger partial charge in [-0.1, -0.05) is 11.3 Å². The van der Waals surface area contributed by atoms with Crippen molar-refractivity contribution in [2.75, 3.05) is 13.1 Å². The molecule has 9 heteroatoms. The van der Waals surface area contributed by atoms with Crippen LogP contribution in [-0.4, -0.2) is 53.9 Å². The highest BCUT2D eigenvalue weighted by Gasteiger charge is 2.55. The highest BCUT2D eigenvalue weighted by Crippen LogP contribution is 2.52. The van der Waals surface area contributed by atoms with E-state index in [9.17, 15) is 4.79 Å². The van der Waals surface area contributed by atoms with Crippen LogP contribution < -0.4 is 0 Å². The molecule has 8 nitrogen and oxygen atoms in total. The highest BCUT2D eigenvalue weighted by molar-refractivity contribution is 7.10. The van der Waals surface area contributed by atoms with Crippen LogP contribution in [-0.2, 0) is 16.8 Å². The number of hydrogen-bond acceptors (Lipinski definition) is 6. The molecule has 1 saturated heterocycles. The van der Waals surface area contributed by atoms with E-state index in [0.717, 1.165) is 18.5 Å². The van der Waals surface area contributed by atoms with Gasteiger partial charge in [0, 0.05) is 18.0 Å². The summed E-state index contributed by atoms with van der Waals surface area (Å²) in [6, 6.07) is 4.31. The monoisotopic (exact) mass is 355 g/mol. The molecule has 0 bridgehead atoms. The third-order valence-corrected chi connectivity index (χ3v) is 6.08. The van der Waals surface area contributed by atoms with E-state index in [1.165, 1.54) is 4.88 Å². The number of rotatable bonds is 5. The second-order valence-corrected chi connectivity index (χ2v) is 7.62. The van der Waals surface area contributed by atoms with Crippen LogP contribution >= 0.6 is 11.3 Å². The SMILES string of the molecule is O=C(N1CC(n2cc(Cn3nccn3)nn2)C1)C1(c2cccs2)CC1. The van der Waals surface area contributed by atoms with E-state index in [2.05, 4.69) is 26.6 Å². The Balaban J connectivity index is 1.22. The largest absolute Gasteiger partial charge is 0.337 e. The van der Waals surface area contributed by atoms with Gasteiger partial charge in [0.1, 0.15) is 12.2 Å². The van der Waals surface area contributed by atoms with Crippen LogP contribution in [0.3, 0.4) is 0 Å². The van der Waals surface area contributed by atoms with E-state index in [1.54, 1.807) is 28.5 Å². The molecule has 0 N–H and O–H groups in total. The molecule has 2 fully saturated rings. The molecule has 5 rings (SSSR count). The Morgan fingerprint density at radius 2 is 2.08 bits per heavy atom. The fraction of sp³-hybridized carbons (Fsp3) is 0.438. The number of hydrogen-bond donors (Lipinski definition) is 0. The van der Waals surface area contributed by atoms with Gasteiger partial charge in [-0.05, 0) is 24.3 Å². The Morgan fingerprint density at radius 1 is 1.28 bits per heavy atom. The minimum absolute atomic E-state index is 0.204. The molecule has 3 aromatic heterocycles. The average Bonchev–Trinajstić information content (AvgIpc) is 3.04. The molecular formula is C16H17N7OS. The molecule has 2 aliphatic rings. The van der Waals surface area contributed by atoms with Crippen LogP contribution in [0.25, 0.3) is 0 Å². The maximum absolute atomic E-state index is 12.9. The van der Waals surface area contributed by atoms with Crippen molar-refractivity contribution in [3.8, 4) is 0 Å². The summed E-state index contributed by atoms with van der Waals surface area (Å²) in [6.07, 6.45) is 7.14. The number of carbonyl (C=O) groups excluding carboxylic acids is 1. The predicted molar refractivity (Wildman–Crippen MR) is 90.0 cm³/mol. The first-order chi connectivity index (χ1) is 12.2. The predicted octanol–water partition coefficient (Wildman–Crippen LogP) is 1.09. The molecule has 0 atom stereocenters. The van der Waals surface area contributed by atoms with Crippen molar-refractivity contribution in [2.45, 2.75) is 30.8 Å². The summed E-state index contributed by atoms with van der Waals surface area (Å²) in [7, 11) is 0. The van der Waals surface area contributed by atoms with Crippen LogP contribution in [0.2, 0.25) is 0 Å². The molecule has 0 aromatic carbocycles. The number of nitrogens with zero attached hydrogens (tertiary/aromatic N) is 7. The quantitative estimate of drug-likeness (QED) is 0.684. The summed E-state index contributed by atoms with van der Waals surface area (Å²) < 4.78 is 1.85. The zero-order chi connectivity index (χ0) is 16.9. The zero-order valence-electron chi connectivity index (χ0n) is 13.5. The first-order valence-corrected chi connectivity index (χ1v) is 9.21. The van der Waals surface area contributed by atoms with Gasteiger partial charge in [0.2, 0.25) is 5.91 Å². The molecule has 3 aromatic rings. The lowest BCUT2D eigenvalue weighted by Gasteiger charge is -2.40. The van der Waals surface area contributed by atoms with Gasteiger partial charge in [0.15, 0.2) is 0 Å². The third-order valence-electron chi connectivity index (χ3n) is 5.00. The lowest BCUT2D eigenvalue weighted by molar-refractivity contribution is -0.140. The van der Waals surface area contributed by atoms with E-state index in [-0.39, 0.29) is 17.4 Å². The van der Waals surface area contributed by atoms with Crippen molar-refractivity contribution in [1.29, 1.82) is 0 Å². The molecule has 128 valence electrons. The smallest absolute Gasteiger partial charge is 0.234 e. The highest BCUT2D eigenvalue weighted by atomic mass is 32.1. The van der Waals surface area contributed by atoms with Crippen molar-refractivity contribution in [2.24, 2.45) is 0 Å². The van der Waals surface area contributed by atoms with Crippen molar-refractivity contribution < 1.29 is 4.79 Å². The Hall–Kier alpha value is -2.55. The molecule has 1 aliphatic carbocycles. The molecule has 25 heavy (non-hydrogen) atoms. The average molecular weight is 355 g/mol. The zero-order valence-corrected chi connectivity index (χ0v) is 14.3. The maximum atomic E-state index is 12.9. The van der Waals surface area contributed by atoms with E-state index >= 15 is 0 Å². The van der Waals surface area contributed by atoms with Gasteiger partial charge in [0.05, 0.1) is 30.0 Å². The Morgan fingerprint density at radius 3 is 2.76 bits per heavy atom. The number of likely N-dealkylation sites (tertiary alicyclic amines) is 1. The first kappa shape index (κ1) is 14.8. The van der Waals surface area contributed by atoms with Gasteiger partial charge in [0.25, 0.3) is 0 Å². The topological polar surface area (TPSA) is 81.7 Å². The summed E-state index contributed by atoms with van der Waals surface area (Å²) in [6.45, 7) is 1.91. The minimum atomic E-state index is -0.238. The van der Waals surface area contributed by atoms with Crippen LogP contribution in [0.5, 0.6) is 0 Å². The minimum Gasteiger partial charge on any atom is -0.337 e. The van der Waals surface area contributed by atoms with Gasteiger partial charge in [-0.3, -0.25) is 4.79 Å². The molecule has 0 radical (unpaired) electrons. The third kappa shape index (κ3) is 2.46. The summed E-state index contributed by atoms with van der Waals surface area (Å²) in [4.78, 5) is 17.6. The van der Waals surface area contributed by atoms with Gasteiger partial charge in [-0.15, -0.1) is 16.4 Å². The van der Waals surface area contributed by atoms with Gasteiger partial charge in [-0.2, -0.15) is 15.0 Å². The van der Waals surface area contributed by atoms with Crippen LogP contribution in [0.1, 0.15) is 29.5 Å². The van der Waals surface area contributed by atoms with Crippen LogP contribution in [0.15, 0.2) is 36.1 Å². The molecule has 1 amide bonds. The summed E-state index contributed by atoms with van der Waals surface area (Å²) in [5, 5.41) is 18.6. The van der Waals surface area contributed by atoms with Gasteiger partial charge < -0.3 is 4.90 Å². The fourth-order valence-electron chi connectivity index (χ4n) is 3.37. The number of thiophene rings is 1. The number of amides is 1. The van der Waals surface area contributed by atoms with Crippen LogP contribution in [0.4, 0.5) is 0 Å². The van der Waals surface area contributed by atoms with Gasteiger partial charge in [-0.25, -0.2) is 4.68 Å². The summed E-state index contributed by atoms with van der Waals surface area (Å²) >= 11 is 1.69. The van der Waals surface area contributed by atoms with Crippen molar-refractivity contribution in [3.05, 3.63) is 46.7 Å². The maximum Gasteiger partial charge on any atom is 0.234 e. The van der Waals surface area contributed by atoms with Crippen LogP contribution in [0, 0.1) is 0 Å². The fourth-order valence-corrected chi connectivity index (χ4v) is 4.34. The molecule has 4 heterocycles. The molecule has 0 spiro atoms. The second-order valence-electron chi connectivity index (χ2n) is 6.67. The lowest BCUT2D eigenvalue weighted by Crippen LogP contribution is -2.54. The van der Waals surface area contributed by atoms with E-state index in [4.69, 9.17) is 0 Å². The lowest BCUT2D eigenvalue weighted by atomic mass is 9.99. The Bertz CT molecular complexity index is 876.